The second kappa shape index (κ2) is 6.52. The van der Waals surface area contributed by atoms with Gasteiger partial charge in [0, 0.05) is 26.2 Å². The van der Waals surface area contributed by atoms with Crippen LogP contribution >= 0.6 is 0 Å². The van der Waals surface area contributed by atoms with Crippen molar-refractivity contribution in [2.75, 3.05) is 26.2 Å². The van der Waals surface area contributed by atoms with Crippen molar-refractivity contribution >= 4 is 5.91 Å². The third-order valence-corrected chi connectivity index (χ3v) is 5.89. The van der Waals surface area contributed by atoms with Crippen molar-refractivity contribution in [3.63, 3.8) is 0 Å². The Morgan fingerprint density at radius 2 is 1.92 bits per heavy atom. The van der Waals surface area contributed by atoms with Crippen molar-refractivity contribution in [2.45, 2.75) is 63.7 Å². The summed E-state index contributed by atoms with van der Waals surface area (Å²) >= 11 is 0. The molecule has 5 nitrogen and oxygen atoms in total. The fraction of sp³-hybridized carbons (Fsp3) is 0.737. The molecule has 3 saturated heterocycles. The van der Waals surface area contributed by atoms with Crippen molar-refractivity contribution in [3.8, 4) is 0 Å². The molecule has 1 atom stereocenters. The number of hydrogen-bond acceptors (Lipinski definition) is 4. The fourth-order valence-corrected chi connectivity index (χ4v) is 4.41. The van der Waals surface area contributed by atoms with Crippen LogP contribution in [0.1, 0.15) is 50.0 Å². The first-order valence-corrected chi connectivity index (χ1v) is 9.38. The predicted molar refractivity (Wildman–Crippen MR) is 90.6 cm³/mol. The van der Waals surface area contributed by atoms with Crippen molar-refractivity contribution < 1.29 is 13.9 Å². The lowest BCUT2D eigenvalue weighted by Crippen LogP contribution is -2.45. The van der Waals surface area contributed by atoms with E-state index >= 15 is 0 Å². The number of ether oxygens (including phenoxy) is 1. The maximum atomic E-state index is 12.6. The molecule has 132 valence electrons. The van der Waals surface area contributed by atoms with Crippen molar-refractivity contribution in [2.24, 2.45) is 0 Å². The first-order chi connectivity index (χ1) is 11.6. The maximum absolute atomic E-state index is 12.6. The molecule has 3 fully saturated rings. The van der Waals surface area contributed by atoms with E-state index in [-0.39, 0.29) is 17.6 Å². The summed E-state index contributed by atoms with van der Waals surface area (Å²) < 4.78 is 12.0. The lowest BCUT2D eigenvalue weighted by Gasteiger charge is -2.39. The monoisotopic (exact) mass is 332 g/mol. The van der Waals surface area contributed by atoms with E-state index in [9.17, 15) is 4.79 Å². The number of rotatable bonds is 3. The Balaban J connectivity index is 1.29. The van der Waals surface area contributed by atoms with Crippen LogP contribution in [-0.4, -0.2) is 53.6 Å². The molecule has 24 heavy (non-hydrogen) atoms. The summed E-state index contributed by atoms with van der Waals surface area (Å²) in [6, 6.07) is 4.09. The molecule has 4 rings (SSSR count). The Morgan fingerprint density at radius 3 is 2.58 bits per heavy atom. The number of nitrogens with zero attached hydrogens (tertiary/aromatic N) is 2. The van der Waals surface area contributed by atoms with Gasteiger partial charge in [-0.2, -0.15) is 0 Å². The van der Waals surface area contributed by atoms with E-state index in [1.807, 2.05) is 17.9 Å². The fourth-order valence-electron chi connectivity index (χ4n) is 4.41. The normalized spacial score (nSPS) is 27.2. The molecule has 0 bridgehead atoms. The molecule has 0 aliphatic carbocycles. The Bertz CT molecular complexity index is 583. The second-order valence-corrected chi connectivity index (χ2v) is 7.65. The number of furan rings is 1. The van der Waals surface area contributed by atoms with Gasteiger partial charge in [-0.15, -0.1) is 0 Å². The van der Waals surface area contributed by atoms with Crippen LogP contribution in [0.15, 0.2) is 16.5 Å². The average Bonchev–Trinajstić information content (AvgIpc) is 3.31. The lowest BCUT2D eigenvalue weighted by molar-refractivity contribution is -0.150. The van der Waals surface area contributed by atoms with Gasteiger partial charge < -0.3 is 14.1 Å². The Kier molecular flexibility index (Phi) is 4.39. The molecule has 0 aromatic carbocycles. The van der Waals surface area contributed by atoms with E-state index in [2.05, 4.69) is 11.0 Å². The highest BCUT2D eigenvalue weighted by Gasteiger charge is 2.45. The van der Waals surface area contributed by atoms with Gasteiger partial charge in [-0.05, 0) is 57.6 Å². The lowest BCUT2D eigenvalue weighted by atomic mass is 9.88. The summed E-state index contributed by atoms with van der Waals surface area (Å²) in [4.78, 5) is 17.0. The number of hydrogen-bond donors (Lipinski definition) is 0. The minimum atomic E-state index is -0.192. The minimum Gasteiger partial charge on any atom is -0.465 e. The van der Waals surface area contributed by atoms with E-state index in [1.165, 1.54) is 0 Å². The van der Waals surface area contributed by atoms with Crippen LogP contribution in [0.5, 0.6) is 0 Å². The summed E-state index contributed by atoms with van der Waals surface area (Å²) in [5, 5.41) is 0. The van der Waals surface area contributed by atoms with E-state index in [0.717, 1.165) is 82.8 Å². The molecule has 3 aliphatic rings. The molecule has 1 aromatic rings. The van der Waals surface area contributed by atoms with Crippen molar-refractivity contribution in [3.05, 3.63) is 23.7 Å². The minimum absolute atomic E-state index is 0.0599. The molecule has 5 heteroatoms. The SMILES string of the molecule is Cc1ccc(CN2CCC3(CC[C@@H](C(=O)N4CCCC4)O3)CC2)o1. The largest absolute Gasteiger partial charge is 0.465 e. The van der Waals surface area contributed by atoms with Crippen molar-refractivity contribution in [1.29, 1.82) is 0 Å². The zero-order valence-electron chi connectivity index (χ0n) is 14.6. The number of carbonyl (C=O) groups is 1. The topological polar surface area (TPSA) is 45.9 Å². The van der Waals surface area contributed by atoms with Crippen LogP contribution in [-0.2, 0) is 16.1 Å². The summed E-state index contributed by atoms with van der Waals surface area (Å²) in [6.45, 7) is 6.73. The molecule has 1 amide bonds. The first kappa shape index (κ1) is 16.2. The summed E-state index contributed by atoms with van der Waals surface area (Å²) in [5.41, 5.74) is -0.0599. The van der Waals surface area contributed by atoms with Crippen LogP contribution in [0.2, 0.25) is 0 Å². The molecule has 3 aliphatic heterocycles. The molecular formula is C19H28N2O3. The molecular weight excluding hydrogens is 304 g/mol. The first-order valence-electron chi connectivity index (χ1n) is 9.38. The van der Waals surface area contributed by atoms with E-state index in [0.29, 0.717) is 0 Å². The Labute approximate surface area is 143 Å². The molecule has 0 radical (unpaired) electrons. The van der Waals surface area contributed by atoms with Gasteiger partial charge in [0.25, 0.3) is 5.91 Å². The highest BCUT2D eigenvalue weighted by atomic mass is 16.5. The van der Waals surface area contributed by atoms with Crippen LogP contribution < -0.4 is 0 Å². The van der Waals surface area contributed by atoms with Gasteiger partial charge >= 0.3 is 0 Å². The van der Waals surface area contributed by atoms with Crippen LogP contribution in [0, 0.1) is 6.92 Å². The standard InChI is InChI=1S/C19H28N2O3/c1-15-4-5-16(23-15)14-20-12-8-19(9-13-20)7-6-17(24-19)18(22)21-10-2-3-11-21/h4-5,17H,2-3,6-14H2,1H3/t17-/m0/s1. The van der Waals surface area contributed by atoms with E-state index < -0.39 is 0 Å². The predicted octanol–water partition coefficient (Wildman–Crippen LogP) is 2.72. The quantitative estimate of drug-likeness (QED) is 0.854. The number of piperidine rings is 1. The zero-order valence-corrected chi connectivity index (χ0v) is 14.6. The molecule has 0 N–H and O–H groups in total. The molecule has 1 aromatic heterocycles. The summed E-state index contributed by atoms with van der Waals surface area (Å²) in [5.74, 6) is 2.25. The maximum Gasteiger partial charge on any atom is 0.251 e. The van der Waals surface area contributed by atoms with Crippen LogP contribution in [0.3, 0.4) is 0 Å². The van der Waals surface area contributed by atoms with E-state index in [4.69, 9.17) is 9.15 Å². The number of aryl methyl sites for hydroxylation is 1. The Hall–Kier alpha value is -1.33. The van der Waals surface area contributed by atoms with Crippen molar-refractivity contribution in [1.82, 2.24) is 9.80 Å². The summed E-state index contributed by atoms with van der Waals surface area (Å²) in [6.07, 6.45) is 6.07. The Morgan fingerprint density at radius 1 is 1.17 bits per heavy atom. The van der Waals surface area contributed by atoms with Gasteiger partial charge in [-0.3, -0.25) is 9.69 Å². The van der Waals surface area contributed by atoms with Gasteiger partial charge in [0.1, 0.15) is 17.6 Å². The number of carbonyl (C=O) groups excluding carboxylic acids is 1. The molecule has 0 unspecified atom stereocenters. The molecule has 0 saturated carbocycles. The van der Waals surface area contributed by atoms with Gasteiger partial charge in [0.15, 0.2) is 0 Å². The highest BCUT2D eigenvalue weighted by Crippen LogP contribution is 2.40. The zero-order chi connectivity index (χ0) is 16.6. The third-order valence-electron chi connectivity index (χ3n) is 5.89. The highest BCUT2D eigenvalue weighted by molar-refractivity contribution is 5.81. The van der Waals surface area contributed by atoms with Crippen LogP contribution in [0.4, 0.5) is 0 Å². The number of likely N-dealkylation sites (tertiary alicyclic amines) is 2. The van der Waals surface area contributed by atoms with Crippen LogP contribution in [0.25, 0.3) is 0 Å². The van der Waals surface area contributed by atoms with E-state index in [1.54, 1.807) is 0 Å². The molecule has 1 spiro atoms. The smallest absolute Gasteiger partial charge is 0.251 e. The number of amides is 1. The van der Waals surface area contributed by atoms with Gasteiger partial charge in [0.2, 0.25) is 0 Å². The molecule has 4 heterocycles. The van der Waals surface area contributed by atoms with Gasteiger partial charge in [-0.1, -0.05) is 0 Å². The second-order valence-electron chi connectivity index (χ2n) is 7.65. The average molecular weight is 332 g/mol. The van der Waals surface area contributed by atoms with Gasteiger partial charge in [0.05, 0.1) is 12.1 Å². The van der Waals surface area contributed by atoms with Gasteiger partial charge in [-0.25, -0.2) is 0 Å². The third kappa shape index (κ3) is 3.24. The summed E-state index contributed by atoms with van der Waals surface area (Å²) in [7, 11) is 0.